The van der Waals surface area contributed by atoms with E-state index in [-0.39, 0.29) is 23.1 Å². The third-order valence-corrected chi connectivity index (χ3v) is 15.1. The maximum atomic E-state index is 6.86. The average molecular weight is 749 g/mol. The molecule has 0 saturated carbocycles. The van der Waals surface area contributed by atoms with Gasteiger partial charge in [-0.15, -0.1) is 0 Å². The molecule has 13 rings (SSSR count). The Labute approximate surface area is 340 Å². The Morgan fingerprint density at radius 1 is 0.552 bits per heavy atom. The fourth-order valence-electron chi connectivity index (χ4n) is 12.0. The molecule has 2 aliphatic heterocycles. The van der Waals surface area contributed by atoms with Gasteiger partial charge in [0.2, 0.25) is 0 Å². The number of fused-ring (bicyclic) bond motifs is 15. The summed E-state index contributed by atoms with van der Waals surface area (Å²) in [7, 11) is 0. The molecule has 0 atom stereocenters. The van der Waals surface area contributed by atoms with E-state index < -0.39 is 0 Å². The van der Waals surface area contributed by atoms with Crippen molar-refractivity contribution >= 4 is 78.6 Å². The van der Waals surface area contributed by atoms with Crippen LogP contribution in [0, 0.1) is 6.92 Å². The van der Waals surface area contributed by atoms with Crippen molar-refractivity contribution < 1.29 is 4.42 Å². The number of hydrogen-bond acceptors (Lipinski definition) is 2. The van der Waals surface area contributed by atoms with Crippen molar-refractivity contribution in [2.75, 3.05) is 4.90 Å². The van der Waals surface area contributed by atoms with E-state index in [4.69, 9.17) is 4.42 Å². The first-order valence-electron chi connectivity index (χ1n) is 21.2. The van der Waals surface area contributed by atoms with E-state index in [9.17, 15) is 0 Å². The van der Waals surface area contributed by atoms with Crippen LogP contribution >= 0.6 is 0 Å². The van der Waals surface area contributed by atoms with Gasteiger partial charge in [0, 0.05) is 44.3 Å². The maximum Gasteiger partial charge on any atom is 0.333 e. The van der Waals surface area contributed by atoms with E-state index >= 15 is 0 Å². The quantitative estimate of drug-likeness (QED) is 0.156. The summed E-state index contributed by atoms with van der Waals surface area (Å²) in [5, 5.41) is 4.91. The molecule has 0 amide bonds. The van der Waals surface area contributed by atoms with Crippen LogP contribution in [0.2, 0.25) is 0 Å². The minimum Gasteiger partial charge on any atom is -0.454 e. The van der Waals surface area contributed by atoms with Gasteiger partial charge >= 0.3 is 6.85 Å². The fraction of sp³-hybridized carbons (Fsp3) is 0.222. The first-order valence-corrected chi connectivity index (χ1v) is 21.2. The van der Waals surface area contributed by atoms with Crippen LogP contribution in [0.25, 0.3) is 66.0 Å². The van der Waals surface area contributed by atoms with E-state index in [0.717, 1.165) is 11.2 Å². The molecule has 2 aliphatic carbocycles. The zero-order valence-electron chi connectivity index (χ0n) is 34.3. The van der Waals surface area contributed by atoms with Crippen molar-refractivity contribution in [2.24, 2.45) is 0 Å². The Balaban J connectivity index is 1.23. The first kappa shape index (κ1) is 33.0. The molecule has 0 N–H and O–H groups in total. The summed E-state index contributed by atoms with van der Waals surface area (Å²) in [6, 6.07) is 46.5. The number of para-hydroxylation sites is 2. The molecular formula is C54H45BN2O. The van der Waals surface area contributed by atoms with Crippen LogP contribution < -0.4 is 15.8 Å². The average Bonchev–Trinajstić information content (AvgIpc) is 3.83. The highest BCUT2D eigenvalue weighted by atomic mass is 16.3. The Kier molecular flexibility index (Phi) is 6.00. The molecule has 4 heteroatoms. The highest BCUT2D eigenvalue weighted by Crippen LogP contribution is 2.55. The van der Waals surface area contributed by atoms with Gasteiger partial charge in [-0.1, -0.05) is 126 Å². The number of anilines is 3. The summed E-state index contributed by atoms with van der Waals surface area (Å²) in [4.78, 5) is 2.68. The van der Waals surface area contributed by atoms with Crippen molar-refractivity contribution in [3.63, 3.8) is 0 Å². The predicted molar refractivity (Wildman–Crippen MR) is 245 cm³/mol. The lowest BCUT2D eigenvalue weighted by molar-refractivity contribution is 0.332. The van der Waals surface area contributed by atoms with Gasteiger partial charge < -0.3 is 13.8 Å². The van der Waals surface area contributed by atoms with Crippen LogP contribution in [-0.2, 0) is 16.2 Å². The van der Waals surface area contributed by atoms with Crippen LogP contribution in [0.4, 0.5) is 17.1 Å². The van der Waals surface area contributed by atoms with Crippen LogP contribution in [0.1, 0.15) is 82.2 Å². The van der Waals surface area contributed by atoms with Gasteiger partial charge in [0.05, 0.1) is 5.52 Å². The van der Waals surface area contributed by atoms with E-state index in [1.807, 2.05) is 0 Å². The molecule has 0 saturated heterocycles. The molecule has 0 unspecified atom stereocenters. The van der Waals surface area contributed by atoms with Crippen molar-refractivity contribution in [1.29, 1.82) is 0 Å². The molecule has 58 heavy (non-hydrogen) atoms. The molecule has 7 aromatic carbocycles. The molecule has 0 bridgehead atoms. The third-order valence-electron chi connectivity index (χ3n) is 15.1. The molecular weight excluding hydrogens is 703 g/mol. The lowest BCUT2D eigenvalue weighted by atomic mass is 9.44. The third kappa shape index (κ3) is 3.88. The van der Waals surface area contributed by atoms with Crippen molar-refractivity contribution in [1.82, 2.24) is 4.48 Å². The van der Waals surface area contributed by atoms with Crippen molar-refractivity contribution in [3.8, 4) is 22.3 Å². The zero-order chi connectivity index (χ0) is 39.2. The summed E-state index contributed by atoms with van der Waals surface area (Å²) in [5.74, 6) is 0. The Hall–Kier alpha value is -6.00. The number of aromatic nitrogens is 1. The standard InChI is InChI=1S/C54H45BN2O/c1-30-25-40-41(53(4,5)24-23-52(40,2)3)29-43(30)56-44-27-37-33-17-10-12-21-38(33)54(6,7)39(37)28-42(44)55-48-45(56)26-31-15-8-9-16-32(31)47(48)35-19-14-20-36-49(35)57(55)50-34-18-11-13-22-46(34)58-51(36)50/h8-22,25-29H,23-24H2,1-7H3. The topological polar surface area (TPSA) is 21.3 Å². The van der Waals surface area contributed by atoms with Crippen molar-refractivity contribution in [3.05, 3.63) is 149 Å². The van der Waals surface area contributed by atoms with Gasteiger partial charge in [-0.05, 0) is 133 Å². The highest BCUT2D eigenvalue weighted by Gasteiger charge is 2.47. The number of hydrogen-bond donors (Lipinski definition) is 0. The number of furan rings is 1. The van der Waals surface area contributed by atoms with Gasteiger partial charge in [0.25, 0.3) is 0 Å². The first-order chi connectivity index (χ1) is 27.9. The van der Waals surface area contributed by atoms with E-state index in [1.165, 1.54) is 123 Å². The molecule has 9 aromatic rings. The number of rotatable bonds is 1. The monoisotopic (exact) mass is 748 g/mol. The summed E-state index contributed by atoms with van der Waals surface area (Å²) in [5.41, 5.74) is 23.4. The predicted octanol–water partition coefficient (Wildman–Crippen LogP) is 13.1. The summed E-state index contributed by atoms with van der Waals surface area (Å²) in [6.45, 7) is 16.9. The molecule has 280 valence electrons. The molecule has 4 heterocycles. The summed E-state index contributed by atoms with van der Waals surface area (Å²) < 4.78 is 9.54. The van der Waals surface area contributed by atoms with Gasteiger partial charge in [0.15, 0.2) is 5.58 Å². The smallest absolute Gasteiger partial charge is 0.333 e. The second-order valence-corrected chi connectivity index (χ2v) is 19.6. The largest absolute Gasteiger partial charge is 0.454 e. The Bertz CT molecular complexity index is 3350. The highest BCUT2D eigenvalue weighted by molar-refractivity contribution is 6.90. The zero-order valence-corrected chi connectivity index (χ0v) is 34.3. The van der Waals surface area contributed by atoms with Crippen LogP contribution in [0.5, 0.6) is 0 Å². The molecule has 0 spiro atoms. The minimum absolute atomic E-state index is 0.0712. The fourth-order valence-corrected chi connectivity index (χ4v) is 12.0. The minimum atomic E-state index is -0.147. The molecule has 2 aromatic heterocycles. The Morgan fingerprint density at radius 3 is 2.07 bits per heavy atom. The second kappa shape index (κ2) is 10.5. The van der Waals surface area contributed by atoms with Gasteiger partial charge in [-0.2, -0.15) is 0 Å². The van der Waals surface area contributed by atoms with Crippen molar-refractivity contribution in [2.45, 2.75) is 77.6 Å². The second-order valence-electron chi connectivity index (χ2n) is 19.6. The van der Waals surface area contributed by atoms with E-state index in [2.05, 4.69) is 179 Å². The van der Waals surface area contributed by atoms with Crippen LogP contribution in [0.15, 0.2) is 126 Å². The van der Waals surface area contributed by atoms with E-state index in [1.54, 1.807) is 0 Å². The number of nitrogens with zero attached hydrogens (tertiary/aromatic N) is 2. The van der Waals surface area contributed by atoms with Gasteiger partial charge in [0.1, 0.15) is 5.58 Å². The molecule has 3 nitrogen and oxygen atoms in total. The normalized spacial score (nSPS) is 17.4. The summed E-state index contributed by atoms with van der Waals surface area (Å²) >= 11 is 0. The molecule has 0 radical (unpaired) electrons. The Morgan fingerprint density at radius 2 is 1.24 bits per heavy atom. The summed E-state index contributed by atoms with van der Waals surface area (Å²) in [6.07, 6.45) is 2.37. The lowest BCUT2D eigenvalue weighted by Gasteiger charge is -2.45. The van der Waals surface area contributed by atoms with Crippen LogP contribution in [-0.4, -0.2) is 11.3 Å². The van der Waals surface area contributed by atoms with Gasteiger partial charge in [-0.25, -0.2) is 0 Å². The maximum absolute atomic E-state index is 6.86. The SMILES string of the molecule is Cc1cc2c(cc1N1c3cc4c(cc3B3c5c1cc1ccccc1c5-c1cccc5c6oc7ccccc7c6n3c15)C(C)(C)c1ccccc1-4)C(C)(C)CCC2(C)C. The van der Waals surface area contributed by atoms with Gasteiger partial charge in [-0.3, -0.25) is 0 Å². The lowest BCUT2D eigenvalue weighted by Crippen LogP contribution is -2.57. The van der Waals surface area contributed by atoms with E-state index in [0.29, 0.717) is 0 Å². The molecule has 0 fully saturated rings. The van der Waals surface area contributed by atoms with Crippen LogP contribution in [0.3, 0.4) is 0 Å². The number of benzene rings is 7. The number of aryl methyl sites for hydroxylation is 1. The molecule has 4 aliphatic rings.